The second kappa shape index (κ2) is 6.02. The summed E-state index contributed by atoms with van der Waals surface area (Å²) in [4.78, 5) is 9.09. The minimum absolute atomic E-state index is 0.0157. The molecule has 0 aromatic heterocycles. The maximum Gasteiger partial charge on any atom is 0.332 e. The number of hydrogen-bond acceptors (Lipinski definition) is 2. The van der Waals surface area contributed by atoms with Crippen LogP contribution in [0, 0.1) is 11.8 Å². The molecule has 12 heavy (non-hydrogen) atoms. The average Bonchev–Trinajstić information content (AvgIpc) is 2.01. The fourth-order valence-corrected chi connectivity index (χ4v) is 1.35. The summed E-state index contributed by atoms with van der Waals surface area (Å²) in [6.07, 6.45) is 3.35. The largest absolute Gasteiger partial charge is 0.332 e. The first-order chi connectivity index (χ1) is 5.62. The van der Waals surface area contributed by atoms with Crippen molar-refractivity contribution in [3.05, 3.63) is 12.2 Å². The Morgan fingerprint density at radius 3 is 2.83 bits per heavy atom. The van der Waals surface area contributed by atoms with Crippen LogP contribution in [-0.4, -0.2) is 17.7 Å². The van der Waals surface area contributed by atoms with Gasteiger partial charge in [0.05, 0.1) is 6.16 Å². The highest BCUT2D eigenvalue weighted by Gasteiger charge is 2.15. The molecule has 0 saturated heterocycles. The van der Waals surface area contributed by atoms with Crippen LogP contribution in [0.2, 0.25) is 0 Å². The molecule has 4 heteroatoms. The van der Waals surface area contributed by atoms with Gasteiger partial charge in [-0.15, -0.1) is 5.92 Å². The third kappa shape index (κ3) is 6.18. The summed E-state index contributed by atoms with van der Waals surface area (Å²) in [5.41, 5.74) is 0. The second-order valence-electron chi connectivity index (χ2n) is 2.09. The van der Waals surface area contributed by atoms with Crippen molar-refractivity contribution in [3.63, 3.8) is 0 Å². The van der Waals surface area contributed by atoms with Crippen LogP contribution >= 0.6 is 7.60 Å². The van der Waals surface area contributed by atoms with E-state index in [-0.39, 0.29) is 12.8 Å². The average molecular weight is 188 g/mol. The molecular formula is C8H13O3P. The highest BCUT2D eigenvalue weighted by molar-refractivity contribution is 7.53. The minimum atomic E-state index is -3.43. The third-order valence-corrected chi connectivity index (χ3v) is 2.29. The molecule has 0 aliphatic carbocycles. The van der Waals surface area contributed by atoms with Crippen LogP contribution in [-0.2, 0) is 9.09 Å². The molecule has 0 aromatic rings. The van der Waals surface area contributed by atoms with E-state index < -0.39 is 7.60 Å². The molecule has 0 fully saturated rings. The molecule has 0 heterocycles. The summed E-state index contributed by atoms with van der Waals surface area (Å²) < 4.78 is 15.7. The van der Waals surface area contributed by atoms with Crippen molar-refractivity contribution < 1.29 is 14.0 Å². The monoisotopic (exact) mass is 188 g/mol. The summed E-state index contributed by atoms with van der Waals surface area (Å²) in [5.74, 6) is 5.12. The van der Waals surface area contributed by atoms with Crippen molar-refractivity contribution in [2.45, 2.75) is 13.8 Å². The summed E-state index contributed by atoms with van der Waals surface area (Å²) in [6.45, 7) is 3.45. The Kier molecular flexibility index (Phi) is 5.74. The van der Waals surface area contributed by atoms with Gasteiger partial charge in [-0.1, -0.05) is 18.1 Å². The summed E-state index contributed by atoms with van der Waals surface area (Å²) in [6, 6.07) is 0. The Balaban J connectivity index is 3.84. The molecule has 3 nitrogen and oxygen atoms in total. The van der Waals surface area contributed by atoms with Gasteiger partial charge in [0.1, 0.15) is 6.61 Å². The SMILES string of the molecule is CC#CCOP(=O)(O)CC=CC. The first-order valence-electron chi connectivity index (χ1n) is 3.59. The van der Waals surface area contributed by atoms with E-state index in [9.17, 15) is 4.57 Å². The molecule has 0 aromatic carbocycles. The van der Waals surface area contributed by atoms with E-state index in [4.69, 9.17) is 4.89 Å². The number of allylic oxidation sites excluding steroid dienone is 2. The van der Waals surface area contributed by atoms with Crippen LogP contribution in [0.15, 0.2) is 12.2 Å². The van der Waals surface area contributed by atoms with E-state index in [0.717, 1.165) is 0 Å². The maximum atomic E-state index is 11.1. The van der Waals surface area contributed by atoms with Crippen molar-refractivity contribution in [1.82, 2.24) is 0 Å². The molecule has 68 valence electrons. The quantitative estimate of drug-likeness (QED) is 0.415. The zero-order valence-electron chi connectivity index (χ0n) is 7.28. The molecule has 0 radical (unpaired) electrons. The van der Waals surface area contributed by atoms with Gasteiger partial charge >= 0.3 is 7.60 Å². The minimum Gasteiger partial charge on any atom is -0.324 e. The fourth-order valence-electron chi connectivity index (χ4n) is 0.497. The predicted octanol–water partition coefficient (Wildman–Crippen LogP) is 1.79. The molecule has 0 saturated carbocycles. The lowest BCUT2D eigenvalue weighted by molar-refractivity contribution is 0.294. The summed E-state index contributed by atoms with van der Waals surface area (Å²) >= 11 is 0. The zero-order chi connectivity index (χ0) is 9.45. The van der Waals surface area contributed by atoms with Crippen LogP contribution in [0.25, 0.3) is 0 Å². The van der Waals surface area contributed by atoms with Crippen molar-refractivity contribution in [3.8, 4) is 11.8 Å². The molecule has 0 rings (SSSR count). The van der Waals surface area contributed by atoms with Crippen LogP contribution < -0.4 is 0 Å². The van der Waals surface area contributed by atoms with E-state index in [1.54, 1.807) is 26.0 Å². The maximum absolute atomic E-state index is 11.1. The first-order valence-corrected chi connectivity index (χ1v) is 5.36. The van der Waals surface area contributed by atoms with E-state index in [0.29, 0.717) is 0 Å². The Hall–Kier alpha value is -0.550. The highest BCUT2D eigenvalue weighted by atomic mass is 31.2. The van der Waals surface area contributed by atoms with Crippen LogP contribution in [0.1, 0.15) is 13.8 Å². The van der Waals surface area contributed by atoms with Crippen molar-refractivity contribution in [2.75, 3.05) is 12.8 Å². The third-order valence-electron chi connectivity index (χ3n) is 1.09. The molecule has 1 N–H and O–H groups in total. The van der Waals surface area contributed by atoms with Crippen molar-refractivity contribution >= 4 is 7.60 Å². The first kappa shape index (κ1) is 11.4. The van der Waals surface area contributed by atoms with Gasteiger partial charge < -0.3 is 4.89 Å². The van der Waals surface area contributed by atoms with Gasteiger partial charge in [-0.2, -0.15) is 0 Å². The van der Waals surface area contributed by atoms with E-state index in [1.807, 2.05) is 0 Å². The highest BCUT2D eigenvalue weighted by Crippen LogP contribution is 2.41. The van der Waals surface area contributed by atoms with E-state index in [1.165, 1.54) is 0 Å². The molecule has 1 unspecified atom stereocenters. The van der Waals surface area contributed by atoms with E-state index in [2.05, 4.69) is 16.4 Å². The lowest BCUT2D eigenvalue weighted by Crippen LogP contribution is -1.92. The van der Waals surface area contributed by atoms with Crippen LogP contribution in [0.3, 0.4) is 0 Å². The topological polar surface area (TPSA) is 46.5 Å². The number of hydrogen-bond donors (Lipinski definition) is 1. The molecule has 0 amide bonds. The fraction of sp³-hybridized carbons (Fsp3) is 0.500. The lowest BCUT2D eigenvalue weighted by Gasteiger charge is -2.06. The van der Waals surface area contributed by atoms with Gasteiger partial charge in [0, 0.05) is 0 Å². The standard InChI is InChI=1S/C8H13O3P/c1-3-5-7-11-12(9,10)8-6-4-2/h4,6H,7-8H2,1-2H3,(H,9,10). The van der Waals surface area contributed by atoms with Gasteiger partial charge in [-0.3, -0.25) is 9.09 Å². The molecule has 0 aliphatic rings. The van der Waals surface area contributed by atoms with E-state index >= 15 is 0 Å². The molecule has 0 spiro atoms. The Morgan fingerprint density at radius 1 is 1.67 bits per heavy atom. The molecular weight excluding hydrogens is 175 g/mol. The zero-order valence-corrected chi connectivity index (χ0v) is 8.17. The van der Waals surface area contributed by atoms with Gasteiger partial charge in [0.2, 0.25) is 0 Å². The molecule has 1 atom stereocenters. The molecule has 0 aliphatic heterocycles. The van der Waals surface area contributed by atoms with Crippen LogP contribution in [0.4, 0.5) is 0 Å². The Labute approximate surface area is 73.0 Å². The smallest absolute Gasteiger partial charge is 0.324 e. The normalized spacial score (nSPS) is 15.2. The molecule has 0 bridgehead atoms. The van der Waals surface area contributed by atoms with Crippen molar-refractivity contribution in [1.29, 1.82) is 0 Å². The van der Waals surface area contributed by atoms with Crippen LogP contribution in [0.5, 0.6) is 0 Å². The van der Waals surface area contributed by atoms with Crippen molar-refractivity contribution in [2.24, 2.45) is 0 Å². The Bertz CT molecular complexity index is 247. The summed E-state index contributed by atoms with van der Waals surface area (Å²) in [5, 5.41) is 0. The summed E-state index contributed by atoms with van der Waals surface area (Å²) in [7, 11) is -3.43. The lowest BCUT2D eigenvalue weighted by atomic mass is 10.6. The Morgan fingerprint density at radius 2 is 2.33 bits per heavy atom. The predicted molar refractivity (Wildman–Crippen MR) is 48.9 cm³/mol. The second-order valence-corrected chi connectivity index (χ2v) is 3.99. The van der Waals surface area contributed by atoms with Gasteiger partial charge in [-0.05, 0) is 13.8 Å². The van der Waals surface area contributed by atoms with Gasteiger partial charge in [0.15, 0.2) is 0 Å². The number of rotatable bonds is 4. The van der Waals surface area contributed by atoms with Gasteiger partial charge in [-0.25, -0.2) is 0 Å². The van der Waals surface area contributed by atoms with Gasteiger partial charge in [0.25, 0.3) is 0 Å².